The first-order chi connectivity index (χ1) is 18.3. The van der Waals surface area contributed by atoms with Gasteiger partial charge in [-0.3, -0.25) is 14.5 Å². The summed E-state index contributed by atoms with van der Waals surface area (Å²) in [6.45, 7) is 6.64. The zero-order chi connectivity index (χ0) is 27.8. The second kappa shape index (κ2) is 16.8. The van der Waals surface area contributed by atoms with Gasteiger partial charge in [-0.2, -0.15) is 0 Å². The minimum absolute atomic E-state index is 0.159. The quantitative estimate of drug-likeness (QED) is 0.243. The lowest BCUT2D eigenvalue weighted by molar-refractivity contribution is -0.159. The average Bonchev–Trinajstić information content (AvgIpc) is 3.43. The van der Waals surface area contributed by atoms with Crippen LogP contribution < -0.4 is 15.4 Å². The molecule has 2 aromatic rings. The number of ether oxygens (including phenoxy) is 1. The van der Waals surface area contributed by atoms with E-state index < -0.39 is 18.0 Å². The molecule has 0 radical (unpaired) electrons. The molecule has 2 amide bonds. The molecular formula is C28H37N3O7. The second-order valence-electron chi connectivity index (χ2n) is 8.89. The Morgan fingerprint density at radius 1 is 0.947 bits per heavy atom. The van der Waals surface area contributed by atoms with Crippen LogP contribution in [0, 0.1) is 0 Å². The van der Waals surface area contributed by atoms with Crippen LogP contribution in [0.1, 0.15) is 48.5 Å². The monoisotopic (exact) mass is 527 g/mol. The van der Waals surface area contributed by atoms with Gasteiger partial charge in [-0.05, 0) is 62.2 Å². The maximum Gasteiger partial charge on any atom is 0.414 e. The SMILES string of the molecule is CCCCNC(=O)C(Cc1ccc(OCCN2CCCC2)cc1)NC(=O)c1ccccc1.O=C(O)C(=O)O. The van der Waals surface area contributed by atoms with Gasteiger partial charge in [0.15, 0.2) is 0 Å². The molecule has 4 N–H and O–H groups in total. The number of carbonyl (C=O) groups is 4. The smallest absolute Gasteiger partial charge is 0.414 e. The van der Waals surface area contributed by atoms with Crippen LogP contribution in [0.4, 0.5) is 0 Å². The van der Waals surface area contributed by atoms with E-state index in [-0.39, 0.29) is 11.8 Å². The number of benzene rings is 2. The van der Waals surface area contributed by atoms with E-state index in [9.17, 15) is 9.59 Å². The summed E-state index contributed by atoms with van der Waals surface area (Å²) in [6.07, 6.45) is 4.89. The third-order valence-corrected chi connectivity index (χ3v) is 5.91. The molecule has 10 heteroatoms. The largest absolute Gasteiger partial charge is 0.492 e. The summed E-state index contributed by atoms with van der Waals surface area (Å²) in [5.41, 5.74) is 1.52. The number of unbranched alkanes of at least 4 members (excludes halogenated alkanes) is 1. The molecule has 0 spiro atoms. The van der Waals surface area contributed by atoms with Gasteiger partial charge in [0, 0.05) is 25.1 Å². The van der Waals surface area contributed by atoms with Gasteiger partial charge in [-0.1, -0.05) is 43.7 Å². The van der Waals surface area contributed by atoms with E-state index >= 15 is 0 Å². The van der Waals surface area contributed by atoms with Crippen LogP contribution in [-0.2, 0) is 20.8 Å². The minimum Gasteiger partial charge on any atom is -0.492 e. The average molecular weight is 528 g/mol. The highest BCUT2D eigenvalue weighted by atomic mass is 16.5. The normalized spacial score (nSPS) is 13.5. The van der Waals surface area contributed by atoms with Crippen molar-refractivity contribution in [1.82, 2.24) is 15.5 Å². The maximum atomic E-state index is 12.8. The third-order valence-electron chi connectivity index (χ3n) is 5.91. The fraction of sp³-hybridized carbons (Fsp3) is 0.429. The van der Waals surface area contributed by atoms with E-state index in [2.05, 4.69) is 22.5 Å². The van der Waals surface area contributed by atoms with E-state index in [4.69, 9.17) is 24.5 Å². The maximum absolute atomic E-state index is 12.8. The molecular weight excluding hydrogens is 490 g/mol. The molecule has 3 rings (SSSR count). The highest BCUT2D eigenvalue weighted by molar-refractivity contribution is 6.27. The van der Waals surface area contributed by atoms with Crippen molar-refractivity contribution in [2.75, 3.05) is 32.8 Å². The van der Waals surface area contributed by atoms with E-state index in [1.807, 2.05) is 42.5 Å². The summed E-state index contributed by atoms with van der Waals surface area (Å²) < 4.78 is 5.87. The molecule has 1 aliphatic heterocycles. The van der Waals surface area contributed by atoms with Crippen molar-refractivity contribution < 1.29 is 34.1 Å². The molecule has 1 saturated heterocycles. The van der Waals surface area contributed by atoms with Crippen molar-refractivity contribution in [3.8, 4) is 5.75 Å². The number of hydrogen-bond donors (Lipinski definition) is 4. The summed E-state index contributed by atoms with van der Waals surface area (Å²) in [5, 5.41) is 20.6. The van der Waals surface area contributed by atoms with Gasteiger partial charge in [0.05, 0.1) is 0 Å². The van der Waals surface area contributed by atoms with Crippen LogP contribution in [0.2, 0.25) is 0 Å². The fourth-order valence-electron chi connectivity index (χ4n) is 3.81. The molecule has 1 atom stereocenters. The standard InChI is InChI=1S/C26H35N3O3.C2H2O4/c1-2-3-15-27-26(31)24(28-25(30)22-9-5-4-6-10-22)20-21-11-13-23(14-12-21)32-19-18-29-16-7-8-17-29;3-1(4)2(5)6/h4-6,9-14,24H,2-3,7-8,15-20H2,1H3,(H,27,31)(H,28,30);(H,3,4)(H,5,6). The van der Waals surface area contributed by atoms with Crippen molar-refractivity contribution >= 4 is 23.8 Å². The minimum atomic E-state index is -1.82. The van der Waals surface area contributed by atoms with E-state index in [1.165, 1.54) is 25.9 Å². The van der Waals surface area contributed by atoms with Crippen molar-refractivity contribution in [3.63, 3.8) is 0 Å². The summed E-state index contributed by atoms with van der Waals surface area (Å²) in [7, 11) is 0. The Kier molecular flexibility index (Phi) is 13.4. The molecule has 0 bridgehead atoms. The summed E-state index contributed by atoms with van der Waals surface area (Å²) in [5.74, 6) is -3.23. The number of amides is 2. The number of nitrogens with zero attached hydrogens (tertiary/aromatic N) is 1. The van der Waals surface area contributed by atoms with Crippen molar-refractivity contribution in [3.05, 3.63) is 65.7 Å². The Labute approximate surface area is 223 Å². The molecule has 1 aliphatic rings. The lowest BCUT2D eigenvalue weighted by Crippen LogP contribution is -2.48. The van der Waals surface area contributed by atoms with Crippen LogP contribution in [-0.4, -0.2) is 77.7 Å². The molecule has 38 heavy (non-hydrogen) atoms. The van der Waals surface area contributed by atoms with Crippen LogP contribution in [0.3, 0.4) is 0 Å². The predicted octanol–water partition coefficient (Wildman–Crippen LogP) is 2.57. The first kappa shape index (κ1) is 30.3. The summed E-state index contributed by atoms with van der Waals surface area (Å²) in [6, 6.07) is 16.1. The number of carboxylic acid groups (broad SMARTS) is 2. The summed E-state index contributed by atoms with van der Waals surface area (Å²) >= 11 is 0. The highest BCUT2D eigenvalue weighted by Gasteiger charge is 2.21. The lowest BCUT2D eigenvalue weighted by Gasteiger charge is -2.19. The summed E-state index contributed by atoms with van der Waals surface area (Å²) in [4.78, 5) is 46.0. The second-order valence-corrected chi connectivity index (χ2v) is 8.89. The molecule has 10 nitrogen and oxygen atoms in total. The molecule has 2 aromatic carbocycles. The molecule has 0 saturated carbocycles. The van der Waals surface area contributed by atoms with Crippen molar-refractivity contribution in [2.24, 2.45) is 0 Å². The molecule has 206 valence electrons. The van der Waals surface area contributed by atoms with Gasteiger partial charge in [0.25, 0.3) is 5.91 Å². The van der Waals surface area contributed by atoms with E-state index in [1.54, 1.807) is 12.1 Å². The van der Waals surface area contributed by atoms with Gasteiger partial charge < -0.3 is 25.6 Å². The topological polar surface area (TPSA) is 145 Å². The van der Waals surface area contributed by atoms with E-state index in [0.29, 0.717) is 25.1 Å². The molecule has 1 heterocycles. The molecule has 0 aliphatic carbocycles. The Morgan fingerprint density at radius 2 is 1.58 bits per heavy atom. The third kappa shape index (κ3) is 11.4. The first-order valence-electron chi connectivity index (χ1n) is 12.8. The Balaban J connectivity index is 0.000000757. The van der Waals surface area contributed by atoms with Gasteiger partial charge in [0.1, 0.15) is 18.4 Å². The van der Waals surface area contributed by atoms with Gasteiger partial charge >= 0.3 is 11.9 Å². The number of aliphatic carboxylic acids is 2. The zero-order valence-electron chi connectivity index (χ0n) is 21.7. The fourth-order valence-corrected chi connectivity index (χ4v) is 3.81. The number of rotatable bonds is 12. The molecule has 1 unspecified atom stereocenters. The number of hydrogen-bond acceptors (Lipinski definition) is 6. The predicted molar refractivity (Wildman–Crippen MR) is 142 cm³/mol. The Hall–Kier alpha value is -3.92. The lowest BCUT2D eigenvalue weighted by atomic mass is 10.0. The molecule has 1 fully saturated rings. The number of carboxylic acids is 2. The number of likely N-dealkylation sites (tertiary alicyclic amines) is 1. The van der Waals surface area contributed by atoms with Crippen molar-refractivity contribution in [1.29, 1.82) is 0 Å². The highest BCUT2D eigenvalue weighted by Crippen LogP contribution is 2.15. The Bertz CT molecular complexity index is 1010. The number of carbonyl (C=O) groups excluding carboxylic acids is 2. The van der Waals surface area contributed by atoms with Crippen LogP contribution in [0.5, 0.6) is 5.75 Å². The Morgan fingerprint density at radius 3 is 2.16 bits per heavy atom. The van der Waals surface area contributed by atoms with E-state index in [0.717, 1.165) is 30.7 Å². The van der Waals surface area contributed by atoms with Gasteiger partial charge in [-0.25, -0.2) is 9.59 Å². The molecule has 0 aromatic heterocycles. The van der Waals surface area contributed by atoms with Gasteiger partial charge in [0.2, 0.25) is 5.91 Å². The van der Waals surface area contributed by atoms with Crippen LogP contribution >= 0.6 is 0 Å². The van der Waals surface area contributed by atoms with Gasteiger partial charge in [-0.15, -0.1) is 0 Å². The number of nitrogens with one attached hydrogen (secondary N) is 2. The van der Waals surface area contributed by atoms with Crippen LogP contribution in [0.25, 0.3) is 0 Å². The van der Waals surface area contributed by atoms with Crippen LogP contribution in [0.15, 0.2) is 54.6 Å². The zero-order valence-corrected chi connectivity index (χ0v) is 21.7. The van der Waals surface area contributed by atoms with Crippen molar-refractivity contribution in [2.45, 2.75) is 45.1 Å². The first-order valence-corrected chi connectivity index (χ1v) is 12.8.